The van der Waals surface area contributed by atoms with Crippen LogP contribution in [0, 0.1) is 47.3 Å². The third-order valence-electron chi connectivity index (χ3n) is 10.6. The normalized spacial score (nSPS) is 43.2. The highest BCUT2D eigenvalue weighted by atomic mass is 16.5. The fraction of sp³-hybridized carbons (Fsp3) is 0.500. The van der Waals surface area contributed by atoms with Crippen molar-refractivity contribution in [3.05, 3.63) is 58.7 Å². The predicted molar refractivity (Wildman–Crippen MR) is 118 cm³/mol. The molecule has 32 heavy (non-hydrogen) atoms. The molecule has 4 heteroatoms. The summed E-state index contributed by atoms with van der Waals surface area (Å²) < 4.78 is 10.2. The zero-order chi connectivity index (χ0) is 21.5. The van der Waals surface area contributed by atoms with Crippen molar-refractivity contribution in [3.63, 3.8) is 0 Å². The van der Waals surface area contributed by atoms with Gasteiger partial charge in [-0.25, -0.2) is 9.59 Å². The van der Waals surface area contributed by atoms with Crippen LogP contribution in [0.2, 0.25) is 0 Å². The molecule has 4 nitrogen and oxygen atoms in total. The fourth-order valence-corrected chi connectivity index (χ4v) is 9.97. The van der Waals surface area contributed by atoms with Crippen LogP contribution in [0.5, 0.6) is 0 Å². The van der Waals surface area contributed by atoms with E-state index in [0.29, 0.717) is 46.7 Å². The quantitative estimate of drug-likeness (QED) is 0.405. The maximum Gasteiger partial charge on any atom is 0.334 e. The second-order valence-electron chi connectivity index (χ2n) is 11.0. The van der Waals surface area contributed by atoms with Crippen molar-refractivity contribution in [3.8, 4) is 0 Å². The van der Waals surface area contributed by atoms with Gasteiger partial charge in [0.05, 0.1) is 25.4 Å². The van der Waals surface area contributed by atoms with Crippen LogP contribution in [-0.4, -0.2) is 26.2 Å². The minimum Gasteiger partial charge on any atom is -0.466 e. The Bertz CT molecular complexity index is 1180. The smallest absolute Gasteiger partial charge is 0.334 e. The molecule has 0 aromatic heterocycles. The molecule has 0 spiro atoms. The zero-order valence-corrected chi connectivity index (χ0v) is 18.3. The van der Waals surface area contributed by atoms with E-state index < -0.39 is 0 Å². The first-order chi connectivity index (χ1) is 15.6. The molecule has 10 atom stereocenters. The van der Waals surface area contributed by atoms with Crippen molar-refractivity contribution in [2.45, 2.75) is 24.7 Å². The summed E-state index contributed by atoms with van der Waals surface area (Å²) in [6.07, 6.45) is 2.46. The van der Waals surface area contributed by atoms with Gasteiger partial charge < -0.3 is 9.47 Å². The molecule has 0 radical (unpaired) electrons. The Labute approximate surface area is 187 Å². The fourth-order valence-electron chi connectivity index (χ4n) is 9.97. The Morgan fingerprint density at radius 3 is 1.62 bits per heavy atom. The number of fused-ring (bicyclic) bond motifs is 19. The molecule has 6 aliphatic rings. The summed E-state index contributed by atoms with van der Waals surface area (Å²) >= 11 is 0. The lowest BCUT2D eigenvalue weighted by atomic mass is 9.42. The van der Waals surface area contributed by atoms with Crippen molar-refractivity contribution in [1.82, 2.24) is 0 Å². The van der Waals surface area contributed by atoms with Gasteiger partial charge in [0.15, 0.2) is 0 Å². The molecule has 6 aliphatic carbocycles. The number of hydrogen-bond acceptors (Lipinski definition) is 4. The van der Waals surface area contributed by atoms with Crippen molar-refractivity contribution in [2.75, 3.05) is 14.2 Å². The van der Waals surface area contributed by atoms with Crippen LogP contribution in [0.3, 0.4) is 0 Å². The molecule has 2 aromatic carbocycles. The van der Waals surface area contributed by atoms with Gasteiger partial charge in [-0.1, -0.05) is 36.4 Å². The molecule has 162 valence electrons. The summed E-state index contributed by atoms with van der Waals surface area (Å²) in [5.74, 6) is 5.12. The molecule has 8 rings (SSSR count). The van der Waals surface area contributed by atoms with Crippen molar-refractivity contribution < 1.29 is 19.1 Å². The number of methoxy groups -OCH3 is 2. The number of ether oxygens (including phenoxy) is 2. The SMILES string of the molecule is COC(=O)C1=C(C(=O)OC)[C@H]2[C@H]3C[C@@H]([C@@H]12)[C@H]1[C@@H]3[C@H]2[C@@H]1[C@H]1C[C@@H]2c2cc3ccccc3cc21. The van der Waals surface area contributed by atoms with E-state index in [2.05, 4.69) is 36.4 Å². The van der Waals surface area contributed by atoms with Crippen molar-refractivity contribution >= 4 is 22.7 Å². The Morgan fingerprint density at radius 2 is 1.19 bits per heavy atom. The Balaban J connectivity index is 1.20. The summed E-state index contributed by atoms with van der Waals surface area (Å²) in [5.41, 5.74) is 4.46. The zero-order valence-electron chi connectivity index (χ0n) is 18.3. The molecule has 0 heterocycles. The van der Waals surface area contributed by atoms with Crippen LogP contribution < -0.4 is 0 Å². The van der Waals surface area contributed by atoms with Gasteiger partial charge >= 0.3 is 11.9 Å². The van der Waals surface area contributed by atoms with Crippen LogP contribution in [0.1, 0.15) is 35.8 Å². The van der Waals surface area contributed by atoms with E-state index in [0.717, 1.165) is 18.3 Å². The van der Waals surface area contributed by atoms with E-state index in [1.165, 1.54) is 31.4 Å². The van der Waals surface area contributed by atoms with Gasteiger partial charge in [0.2, 0.25) is 0 Å². The van der Waals surface area contributed by atoms with Gasteiger partial charge in [-0.15, -0.1) is 0 Å². The largest absolute Gasteiger partial charge is 0.466 e. The second-order valence-corrected chi connectivity index (χ2v) is 11.0. The topological polar surface area (TPSA) is 52.6 Å². The maximum absolute atomic E-state index is 12.6. The lowest BCUT2D eigenvalue weighted by molar-refractivity contribution is -0.147. The molecular weight excluding hydrogens is 400 g/mol. The third-order valence-corrected chi connectivity index (χ3v) is 10.6. The summed E-state index contributed by atoms with van der Waals surface area (Å²) in [7, 11) is 2.84. The molecule has 0 N–H and O–H groups in total. The molecular formula is C28H26O4. The van der Waals surface area contributed by atoms with Crippen molar-refractivity contribution in [1.29, 1.82) is 0 Å². The number of carbonyl (C=O) groups is 2. The standard InChI is InChI=1S/C28H26O4/c1-31-27(29)25-23-17-10-18(24(23)26(25)28(30)32-2)22-20-16-9-15(19(20)21(17)22)13-7-11-5-3-4-6-12(11)8-14(13)16/h3-8,15-24H,9-10H2,1-2H3/t15-,16+,17+,18-,19-,20+,21+,22-,23+,24-. The van der Waals surface area contributed by atoms with Crippen LogP contribution in [0.25, 0.3) is 10.8 Å². The second kappa shape index (κ2) is 5.65. The maximum atomic E-state index is 12.6. The molecule has 4 bridgehead atoms. The summed E-state index contributed by atoms with van der Waals surface area (Å²) in [5, 5.41) is 2.72. The van der Waals surface area contributed by atoms with Gasteiger partial charge in [-0.2, -0.15) is 0 Å². The van der Waals surface area contributed by atoms with Gasteiger partial charge in [-0.05, 0) is 82.1 Å². The Hall–Kier alpha value is -2.62. The van der Waals surface area contributed by atoms with Gasteiger partial charge in [0.1, 0.15) is 0 Å². The van der Waals surface area contributed by atoms with Crippen LogP contribution in [0.15, 0.2) is 47.5 Å². The first-order valence-electron chi connectivity index (χ1n) is 12.1. The first kappa shape index (κ1) is 17.9. The molecule has 0 unspecified atom stereocenters. The molecule has 0 aliphatic heterocycles. The highest BCUT2D eigenvalue weighted by molar-refractivity contribution is 6.04. The van der Waals surface area contributed by atoms with Crippen molar-refractivity contribution in [2.24, 2.45) is 47.3 Å². The lowest BCUT2D eigenvalue weighted by Crippen LogP contribution is -2.59. The summed E-state index contributed by atoms with van der Waals surface area (Å²) in [6, 6.07) is 13.7. The third kappa shape index (κ3) is 1.75. The van der Waals surface area contributed by atoms with E-state index in [-0.39, 0.29) is 23.8 Å². The van der Waals surface area contributed by atoms with E-state index >= 15 is 0 Å². The number of hydrogen-bond donors (Lipinski definition) is 0. The van der Waals surface area contributed by atoms with Crippen LogP contribution >= 0.6 is 0 Å². The minimum atomic E-state index is -0.323. The summed E-state index contributed by atoms with van der Waals surface area (Å²) in [4.78, 5) is 25.2. The van der Waals surface area contributed by atoms with Gasteiger partial charge in [-0.3, -0.25) is 0 Å². The molecule has 2 aromatic rings. The van der Waals surface area contributed by atoms with Crippen LogP contribution in [-0.2, 0) is 19.1 Å². The average Bonchev–Trinajstić information content (AvgIpc) is 3.46. The van der Waals surface area contributed by atoms with E-state index in [1.807, 2.05) is 0 Å². The van der Waals surface area contributed by atoms with E-state index in [9.17, 15) is 9.59 Å². The summed E-state index contributed by atoms with van der Waals surface area (Å²) in [6.45, 7) is 0. The molecule has 4 saturated carbocycles. The van der Waals surface area contributed by atoms with Gasteiger partial charge in [0.25, 0.3) is 0 Å². The van der Waals surface area contributed by atoms with Crippen LogP contribution in [0.4, 0.5) is 0 Å². The Kier molecular flexibility index (Phi) is 3.16. The minimum absolute atomic E-state index is 0.207. The first-order valence-corrected chi connectivity index (χ1v) is 12.1. The monoisotopic (exact) mass is 426 g/mol. The number of esters is 2. The Morgan fingerprint density at radius 1 is 0.719 bits per heavy atom. The van der Waals surface area contributed by atoms with Gasteiger partial charge in [0, 0.05) is 11.8 Å². The van der Waals surface area contributed by atoms with E-state index in [1.54, 1.807) is 11.1 Å². The number of carbonyl (C=O) groups excluding carboxylic acids is 2. The highest BCUT2D eigenvalue weighted by Crippen LogP contribution is 2.82. The number of rotatable bonds is 2. The van der Waals surface area contributed by atoms with E-state index in [4.69, 9.17) is 9.47 Å². The number of benzene rings is 2. The molecule has 4 fully saturated rings. The highest BCUT2D eigenvalue weighted by Gasteiger charge is 2.77. The average molecular weight is 427 g/mol. The predicted octanol–water partition coefficient (Wildman–Crippen LogP) is 4.44. The lowest BCUT2D eigenvalue weighted by Gasteiger charge is -2.62. The molecule has 0 saturated heterocycles. The molecule has 0 amide bonds.